The zero-order valence-corrected chi connectivity index (χ0v) is 9.23. The van der Waals surface area contributed by atoms with Crippen molar-refractivity contribution in [3.63, 3.8) is 0 Å². The van der Waals surface area contributed by atoms with Gasteiger partial charge in [0.2, 0.25) is 0 Å². The minimum Gasteiger partial charge on any atom is -0.377 e. The standard InChI is InChI=1S/C11H23NO/c1-4-5-7-10(12-2)11(13-3)8-6-9-11/h10,12H,4-9H2,1-3H3. The summed E-state index contributed by atoms with van der Waals surface area (Å²) in [6, 6.07) is 0.561. The van der Waals surface area contributed by atoms with Crippen molar-refractivity contribution in [2.24, 2.45) is 0 Å². The van der Waals surface area contributed by atoms with Gasteiger partial charge in [-0.2, -0.15) is 0 Å². The molecule has 13 heavy (non-hydrogen) atoms. The lowest BCUT2D eigenvalue weighted by Gasteiger charge is -2.46. The third-order valence-electron chi connectivity index (χ3n) is 3.44. The van der Waals surface area contributed by atoms with Crippen molar-refractivity contribution in [1.82, 2.24) is 5.32 Å². The van der Waals surface area contributed by atoms with E-state index in [9.17, 15) is 0 Å². The molecule has 1 aliphatic carbocycles. The molecule has 2 heteroatoms. The van der Waals surface area contributed by atoms with Gasteiger partial charge in [-0.15, -0.1) is 0 Å². The van der Waals surface area contributed by atoms with Crippen LogP contribution in [-0.4, -0.2) is 25.8 Å². The van der Waals surface area contributed by atoms with Gasteiger partial charge in [0, 0.05) is 13.2 Å². The van der Waals surface area contributed by atoms with E-state index in [1.807, 2.05) is 7.11 Å². The van der Waals surface area contributed by atoms with Crippen LogP contribution < -0.4 is 5.32 Å². The molecule has 1 atom stereocenters. The predicted octanol–water partition coefficient (Wildman–Crippen LogP) is 2.33. The number of likely N-dealkylation sites (N-methyl/N-ethyl adjacent to an activating group) is 1. The number of rotatable bonds is 6. The Hall–Kier alpha value is -0.0800. The van der Waals surface area contributed by atoms with Crippen molar-refractivity contribution < 1.29 is 4.74 Å². The highest BCUT2D eigenvalue weighted by molar-refractivity contribution is 4.98. The second-order valence-electron chi connectivity index (χ2n) is 4.11. The molecule has 0 aromatic rings. The molecule has 1 rings (SSSR count). The lowest BCUT2D eigenvalue weighted by molar-refractivity contribution is -0.0987. The van der Waals surface area contributed by atoms with E-state index in [0.717, 1.165) is 0 Å². The van der Waals surface area contributed by atoms with Gasteiger partial charge in [0.1, 0.15) is 0 Å². The average Bonchev–Trinajstić information content (AvgIpc) is 2.09. The van der Waals surface area contributed by atoms with Gasteiger partial charge in [-0.1, -0.05) is 19.8 Å². The average molecular weight is 185 g/mol. The first-order valence-corrected chi connectivity index (χ1v) is 5.51. The van der Waals surface area contributed by atoms with Crippen LogP contribution in [-0.2, 0) is 4.74 Å². The Labute approximate surface area is 82.0 Å². The highest BCUT2D eigenvalue weighted by atomic mass is 16.5. The van der Waals surface area contributed by atoms with E-state index in [-0.39, 0.29) is 5.60 Å². The van der Waals surface area contributed by atoms with Gasteiger partial charge in [-0.05, 0) is 32.7 Å². The van der Waals surface area contributed by atoms with Crippen LogP contribution in [0.1, 0.15) is 45.4 Å². The van der Waals surface area contributed by atoms with Crippen LogP contribution in [0.5, 0.6) is 0 Å². The van der Waals surface area contributed by atoms with E-state index in [1.54, 1.807) is 0 Å². The van der Waals surface area contributed by atoms with Crippen LogP contribution in [0.4, 0.5) is 0 Å². The maximum Gasteiger partial charge on any atom is 0.0830 e. The van der Waals surface area contributed by atoms with E-state index in [2.05, 4.69) is 19.3 Å². The zero-order valence-electron chi connectivity index (χ0n) is 9.23. The molecule has 0 heterocycles. The first kappa shape index (κ1) is 11.0. The summed E-state index contributed by atoms with van der Waals surface area (Å²) in [5.41, 5.74) is 0.171. The number of ether oxygens (including phenoxy) is 1. The van der Waals surface area contributed by atoms with E-state index in [4.69, 9.17) is 4.74 Å². The SMILES string of the molecule is CCCCC(NC)C1(OC)CCC1. The highest BCUT2D eigenvalue weighted by Gasteiger charge is 2.43. The van der Waals surface area contributed by atoms with Crippen molar-refractivity contribution in [2.45, 2.75) is 57.1 Å². The number of hydrogen-bond donors (Lipinski definition) is 1. The lowest BCUT2D eigenvalue weighted by atomic mass is 9.73. The Kier molecular flexibility index (Phi) is 4.20. The molecule has 0 saturated heterocycles. The maximum atomic E-state index is 5.66. The fourth-order valence-electron chi connectivity index (χ4n) is 2.30. The van der Waals surface area contributed by atoms with Gasteiger partial charge in [-0.25, -0.2) is 0 Å². The molecule has 78 valence electrons. The molecule has 0 aliphatic heterocycles. The normalized spacial score (nSPS) is 22.4. The van der Waals surface area contributed by atoms with Crippen LogP contribution in [0.15, 0.2) is 0 Å². The van der Waals surface area contributed by atoms with Gasteiger partial charge in [0.25, 0.3) is 0 Å². The monoisotopic (exact) mass is 185 g/mol. The number of hydrogen-bond acceptors (Lipinski definition) is 2. The first-order chi connectivity index (χ1) is 6.29. The van der Waals surface area contributed by atoms with E-state index < -0.39 is 0 Å². The molecule has 1 fully saturated rings. The molecule has 1 unspecified atom stereocenters. The maximum absolute atomic E-state index is 5.66. The van der Waals surface area contributed by atoms with Crippen molar-refractivity contribution in [3.05, 3.63) is 0 Å². The molecule has 0 bridgehead atoms. The minimum atomic E-state index is 0.171. The Balaban J connectivity index is 2.43. The lowest BCUT2D eigenvalue weighted by Crippen LogP contribution is -2.55. The van der Waals surface area contributed by atoms with E-state index in [0.29, 0.717) is 6.04 Å². The fourth-order valence-corrected chi connectivity index (χ4v) is 2.30. The summed E-state index contributed by atoms with van der Waals surface area (Å²) in [7, 11) is 3.91. The van der Waals surface area contributed by atoms with Crippen LogP contribution in [0.2, 0.25) is 0 Å². The van der Waals surface area contributed by atoms with Crippen molar-refractivity contribution in [2.75, 3.05) is 14.2 Å². The largest absolute Gasteiger partial charge is 0.377 e. The summed E-state index contributed by atoms with van der Waals surface area (Å²) in [4.78, 5) is 0. The summed E-state index contributed by atoms with van der Waals surface area (Å²) in [6.07, 6.45) is 7.63. The Morgan fingerprint density at radius 2 is 2.15 bits per heavy atom. The molecule has 0 radical (unpaired) electrons. The third-order valence-corrected chi connectivity index (χ3v) is 3.44. The first-order valence-electron chi connectivity index (χ1n) is 5.51. The predicted molar refractivity (Wildman–Crippen MR) is 56.0 cm³/mol. The van der Waals surface area contributed by atoms with Crippen LogP contribution in [0.3, 0.4) is 0 Å². The second-order valence-corrected chi connectivity index (χ2v) is 4.11. The smallest absolute Gasteiger partial charge is 0.0830 e. The number of nitrogens with one attached hydrogen (secondary N) is 1. The highest BCUT2D eigenvalue weighted by Crippen LogP contribution is 2.39. The molecular formula is C11H23NO. The molecule has 1 N–H and O–H groups in total. The number of methoxy groups -OCH3 is 1. The topological polar surface area (TPSA) is 21.3 Å². The minimum absolute atomic E-state index is 0.171. The van der Waals surface area contributed by atoms with Crippen molar-refractivity contribution in [3.8, 4) is 0 Å². The molecule has 1 saturated carbocycles. The van der Waals surface area contributed by atoms with Crippen LogP contribution in [0.25, 0.3) is 0 Å². The third kappa shape index (κ3) is 2.23. The summed E-state index contributed by atoms with van der Waals surface area (Å²) in [5.74, 6) is 0. The van der Waals surface area contributed by atoms with Gasteiger partial charge >= 0.3 is 0 Å². The Bertz CT molecular complexity index is 138. The summed E-state index contributed by atoms with van der Waals surface area (Å²) < 4.78 is 5.66. The zero-order chi connectivity index (χ0) is 9.73. The Morgan fingerprint density at radius 3 is 2.46 bits per heavy atom. The second kappa shape index (κ2) is 4.97. The molecule has 1 aliphatic rings. The Morgan fingerprint density at radius 1 is 1.46 bits per heavy atom. The van der Waals surface area contributed by atoms with Gasteiger partial charge < -0.3 is 10.1 Å². The summed E-state index contributed by atoms with van der Waals surface area (Å²) in [5, 5.41) is 3.41. The number of unbranched alkanes of at least 4 members (excludes halogenated alkanes) is 1. The van der Waals surface area contributed by atoms with Gasteiger partial charge in [0.05, 0.1) is 5.60 Å². The van der Waals surface area contributed by atoms with Crippen LogP contribution in [0, 0.1) is 0 Å². The molecule has 0 aromatic heterocycles. The van der Waals surface area contributed by atoms with Crippen LogP contribution >= 0.6 is 0 Å². The fraction of sp³-hybridized carbons (Fsp3) is 1.00. The van der Waals surface area contributed by atoms with Gasteiger partial charge in [-0.3, -0.25) is 0 Å². The quantitative estimate of drug-likeness (QED) is 0.686. The van der Waals surface area contributed by atoms with E-state index in [1.165, 1.54) is 38.5 Å². The van der Waals surface area contributed by atoms with Crippen molar-refractivity contribution >= 4 is 0 Å². The van der Waals surface area contributed by atoms with E-state index >= 15 is 0 Å². The summed E-state index contributed by atoms with van der Waals surface area (Å²) >= 11 is 0. The summed E-state index contributed by atoms with van der Waals surface area (Å²) in [6.45, 7) is 2.24. The van der Waals surface area contributed by atoms with Gasteiger partial charge in [0.15, 0.2) is 0 Å². The molecule has 2 nitrogen and oxygen atoms in total. The van der Waals surface area contributed by atoms with Crippen molar-refractivity contribution in [1.29, 1.82) is 0 Å². The molecule has 0 amide bonds. The molecular weight excluding hydrogens is 162 g/mol. The molecule has 0 spiro atoms. The molecule has 0 aromatic carbocycles.